The standard InChI is InChI=1S/C19H25N5O2/c1-3-23-11-13-24(14-12-23)19-20-10-9-17(22-19)21-16-8-6-5-7-15(16)18(25)26-4-2/h5-10H,3-4,11-14H2,1-2H3,(H,20,21,22). The van der Waals surface area contributed by atoms with Gasteiger partial charge in [0.1, 0.15) is 5.82 Å². The SMILES string of the molecule is CCOC(=O)c1ccccc1Nc1ccnc(N2CCN(CC)CC2)n1. The van der Waals surface area contributed by atoms with Crippen LogP contribution < -0.4 is 10.2 Å². The van der Waals surface area contributed by atoms with E-state index in [0.29, 0.717) is 29.6 Å². The van der Waals surface area contributed by atoms with Crippen LogP contribution in [-0.2, 0) is 4.74 Å². The molecular formula is C19H25N5O2. The average Bonchev–Trinajstić information content (AvgIpc) is 2.69. The molecule has 0 atom stereocenters. The molecule has 1 N–H and O–H groups in total. The van der Waals surface area contributed by atoms with Crippen LogP contribution in [0, 0.1) is 0 Å². The lowest BCUT2D eigenvalue weighted by Gasteiger charge is -2.34. The minimum absolute atomic E-state index is 0.342. The van der Waals surface area contributed by atoms with Crippen LogP contribution in [0.3, 0.4) is 0 Å². The number of carbonyl (C=O) groups is 1. The second kappa shape index (κ2) is 8.62. The molecule has 0 radical (unpaired) electrons. The maximum Gasteiger partial charge on any atom is 0.340 e. The number of esters is 1. The van der Waals surface area contributed by atoms with Crippen molar-refractivity contribution in [1.82, 2.24) is 14.9 Å². The lowest BCUT2D eigenvalue weighted by Crippen LogP contribution is -2.46. The quantitative estimate of drug-likeness (QED) is 0.799. The maximum atomic E-state index is 12.1. The number of rotatable bonds is 6. The van der Waals surface area contributed by atoms with E-state index in [-0.39, 0.29) is 5.97 Å². The molecule has 1 saturated heterocycles. The van der Waals surface area contributed by atoms with Crippen molar-refractivity contribution in [1.29, 1.82) is 0 Å². The molecule has 1 aliphatic rings. The van der Waals surface area contributed by atoms with E-state index in [1.807, 2.05) is 18.2 Å². The summed E-state index contributed by atoms with van der Waals surface area (Å²) >= 11 is 0. The van der Waals surface area contributed by atoms with Gasteiger partial charge in [0, 0.05) is 32.4 Å². The Morgan fingerprint density at radius 1 is 1.15 bits per heavy atom. The topological polar surface area (TPSA) is 70.6 Å². The highest BCUT2D eigenvalue weighted by molar-refractivity contribution is 5.96. The number of para-hydroxylation sites is 1. The van der Waals surface area contributed by atoms with Gasteiger partial charge in [0.05, 0.1) is 17.9 Å². The number of carbonyl (C=O) groups excluding carboxylic acids is 1. The highest BCUT2D eigenvalue weighted by atomic mass is 16.5. The van der Waals surface area contributed by atoms with Gasteiger partial charge in [0.25, 0.3) is 0 Å². The largest absolute Gasteiger partial charge is 0.462 e. The third kappa shape index (κ3) is 4.29. The molecule has 1 aromatic heterocycles. The van der Waals surface area contributed by atoms with Gasteiger partial charge in [0.15, 0.2) is 0 Å². The molecular weight excluding hydrogens is 330 g/mol. The number of anilines is 3. The van der Waals surface area contributed by atoms with Crippen LogP contribution in [0.15, 0.2) is 36.5 Å². The summed E-state index contributed by atoms with van der Waals surface area (Å²) in [5.74, 6) is 1.02. The summed E-state index contributed by atoms with van der Waals surface area (Å²) in [4.78, 5) is 25.8. The Morgan fingerprint density at radius 3 is 2.65 bits per heavy atom. The molecule has 138 valence electrons. The van der Waals surface area contributed by atoms with Gasteiger partial charge >= 0.3 is 5.97 Å². The van der Waals surface area contributed by atoms with Gasteiger partial charge in [0.2, 0.25) is 5.95 Å². The van der Waals surface area contributed by atoms with Crippen molar-refractivity contribution in [2.45, 2.75) is 13.8 Å². The van der Waals surface area contributed by atoms with Crippen molar-refractivity contribution < 1.29 is 9.53 Å². The number of hydrogen-bond acceptors (Lipinski definition) is 7. The summed E-state index contributed by atoms with van der Waals surface area (Å²) in [6.45, 7) is 9.25. The first-order valence-corrected chi connectivity index (χ1v) is 9.04. The second-order valence-corrected chi connectivity index (χ2v) is 6.05. The van der Waals surface area contributed by atoms with Crippen LogP contribution >= 0.6 is 0 Å². The molecule has 7 heteroatoms. The van der Waals surface area contributed by atoms with E-state index < -0.39 is 0 Å². The molecule has 1 fully saturated rings. The van der Waals surface area contributed by atoms with Crippen molar-refractivity contribution >= 4 is 23.4 Å². The molecule has 2 heterocycles. The molecule has 0 bridgehead atoms. The van der Waals surface area contributed by atoms with Crippen molar-refractivity contribution in [3.8, 4) is 0 Å². The zero-order chi connectivity index (χ0) is 18.4. The Kier molecular flexibility index (Phi) is 6.01. The number of benzene rings is 1. The summed E-state index contributed by atoms with van der Waals surface area (Å²) < 4.78 is 5.12. The first-order chi connectivity index (χ1) is 12.7. The van der Waals surface area contributed by atoms with E-state index in [0.717, 1.165) is 32.7 Å². The highest BCUT2D eigenvalue weighted by Gasteiger charge is 2.18. The summed E-state index contributed by atoms with van der Waals surface area (Å²) in [7, 11) is 0. The van der Waals surface area contributed by atoms with Crippen LogP contribution in [0.2, 0.25) is 0 Å². The average molecular weight is 355 g/mol. The fourth-order valence-electron chi connectivity index (χ4n) is 2.95. The number of likely N-dealkylation sites (N-methyl/N-ethyl adjacent to an activating group) is 1. The zero-order valence-electron chi connectivity index (χ0n) is 15.3. The Bertz CT molecular complexity index is 744. The van der Waals surface area contributed by atoms with Gasteiger partial charge in [-0.2, -0.15) is 4.98 Å². The summed E-state index contributed by atoms with van der Waals surface area (Å²) in [6.07, 6.45) is 1.74. The van der Waals surface area contributed by atoms with Crippen LogP contribution in [0.1, 0.15) is 24.2 Å². The molecule has 0 aliphatic carbocycles. The van der Waals surface area contributed by atoms with E-state index in [1.165, 1.54) is 0 Å². The Balaban J connectivity index is 1.75. The van der Waals surface area contributed by atoms with Gasteiger partial charge in [-0.05, 0) is 31.7 Å². The minimum atomic E-state index is -0.347. The van der Waals surface area contributed by atoms with E-state index in [9.17, 15) is 4.79 Å². The van der Waals surface area contributed by atoms with Crippen molar-refractivity contribution in [3.05, 3.63) is 42.1 Å². The lowest BCUT2D eigenvalue weighted by molar-refractivity contribution is 0.0527. The smallest absolute Gasteiger partial charge is 0.340 e. The molecule has 0 unspecified atom stereocenters. The number of hydrogen-bond donors (Lipinski definition) is 1. The molecule has 2 aromatic rings. The Hall–Kier alpha value is -2.67. The lowest BCUT2D eigenvalue weighted by atomic mass is 10.2. The molecule has 1 aliphatic heterocycles. The number of nitrogens with zero attached hydrogens (tertiary/aromatic N) is 4. The monoisotopic (exact) mass is 355 g/mol. The van der Waals surface area contributed by atoms with E-state index in [2.05, 4.69) is 32.0 Å². The maximum absolute atomic E-state index is 12.1. The van der Waals surface area contributed by atoms with Gasteiger partial charge in [-0.15, -0.1) is 0 Å². The van der Waals surface area contributed by atoms with Gasteiger partial charge < -0.3 is 19.9 Å². The molecule has 0 saturated carbocycles. The fraction of sp³-hybridized carbons (Fsp3) is 0.421. The summed E-state index contributed by atoms with van der Waals surface area (Å²) in [5, 5.41) is 3.22. The molecule has 3 rings (SSSR count). The van der Waals surface area contributed by atoms with E-state index in [1.54, 1.807) is 25.3 Å². The number of ether oxygens (including phenoxy) is 1. The zero-order valence-corrected chi connectivity index (χ0v) is 15.3. The van der Waals surface area contributed by atoms with Gasteiger partial charge in [-0.3, -0.25) is 0 Å². The van der Waals surface area contributed by atoms with E-state index >= 15 is 0 Å². The first kappa shape index (κ1) is 18.1. The molecule has 7 nitrogen and oxygen atoms in total. The normalized spacial score (nSPS) is 14.9. The van der Waals surface area contributed by atoms with Crippen LogP contribution in [0.25, 0.3) is 0 Å². The number of aromatic nitrogens is 2. The molecule has 0 spiro atoms. The second-order valence-electron chi connectivity index (χ2n) is 6.05. The molecule has 1 aromatic carbocycles. The van der Waals surface area contributed by atoms with Crippen molar-refractivity contribution in [2.75, 3.05) is 49.5 Å². The molecule has 0 amide bonds. The predicted molar refractivity (Wildman–Crippen MR) is 102 cm³/mol. The number of piperazine rings is 1. The van der Waals surface area contributed by atoms with Crippen LogP contribution in [0.4, 0.5) is 17.5 Å². The molecule has 26 heavy (non-hydrogen) atoms. The van der Waals surface area contributed by atoms with E-state index in [4.69, 9.17) is 4.74 Å². The third-order valence-electron chi connectivity index (χ3n) is 4.43. The van der Waals surface area contributed by atoms with Gasteiger partial charge in [-0.1, -0.05) is 19.1 Å². The number of nitrogens with one attached hydrogen (secondary N) is 1. The highest BCUT2D eigenvalue weighted by Crippen LogP contribution is 2.22. The Labute approximate surface area is 154 Å². The Morgan fingerprint density at radius 2 is 1.92 bits per heavy atom. The predicted octanol–water partition coefficient (Wildman–Crippen LogP) is 2.54. The first-order valence-electron chi connectivity index (χ1n) is 9.04. The summed E-state index contributed by atoms with van der Waals surface area (Å²) in [6, 6.07) is 9.07. The van der Waals surface area contributed by atoms with Gasteiger partial charge in [-0.25, -0.2) is 9.78 Å². The van der Waals surface area contributed by atoms with Crippen LogP contribution in [-0.4, -0.2) is 60.2 Å². The summed E-state index contributed by atoms with van der Waals surface area (Å²) in [5.41, 5.74) is 1.16. The van der Waals surface area contributed by atoms with Crippen molar-refractivity contribution in [3.63, 3.8) is 0 Å². The van der Waals surface area contributed by atoms with Crippen molar-refractivity contribution in [2.24, 2.45) is 0 Å². The van der Waals surface area contributed by atoms with Crippen LogP contribution in [0.5, 0.6) is 0 Å². The minimum Gasteiger partial charge on any atom is -0.462 e. The fourth-order valence-corrected chi connectivity index (χ4v) is 2.95. The third-order valence-corrected chi connectivity index (χ3v) is 4.43.